The highest BCUT2D eigenvalue weighted by molar-refractivity contribution is 5.89. The van der Waals surface area contributed by atoms with Crippen LogP contribution in [0.25, 0.3) is 10.8 Å². The van der Waals surface area contributed by atoms with Gasteiger partial charge in [0.2, 0.25) is 0 Å². The lowest BCUT2D eigenvalue weighted by molar-refractivity contribution is -0.139. The van der Waals surface area contributed by atoms with E-state index in [0.29, 0.717) is 0 Å². The molecule has 0 aliphatic rings. The molecule has 0 saturated heterocycles. The second-order valence-corrected chi connectivity index (χ2v) is 3.58. The first-order valence-electron chi connectivity index (χ1n) is 4.98. The minimum Gasteiger partial charge on any atom is -0.508 e. The number of esters is 1. The predicted molar refractivity (Wildman–Crippen MR) is 61.3 cm³/mol. The summed E-state index contributed by atoms with van der Waals surface area (Å²) in [6.07, 6.45) is 0.220. The normalized spacial score (nSPS) is 10.3. The molecule has 3 nitrogen and oxygen atoms in total. The molecule has 2 aromatic rings. The van der Waals surface area contributed by atoms with Crippen molar-refractivity contribution in [2.24, 2.45) is 0 Å². The molecule has 0 unspecified atom stereocenters. The number of carbonyl (C=O) groups excluding carboxylic acids is 1. The Kier molecular flexibility index (Phi) is 2.77. The molecule has 1 N–H and O–H groups in total. The van der Waals surface area contributed by atoms with Crippen LogP contribution in [-0.4, -0.2) is 18.2 Å². The Balaban J connectivity index is 2.52. The van der Waals surface area contributed by atoms with E-state index in [2.05, 4.69) is 4.74 Å². The van der Waals surface area contributed by atoms with Gasteiger partial charge in [-0.2, -0.15) is 0 Å². The molecule has 0 bridgehead atoms. The third-order valence-corrected chi connectivity index (χ3v) is 2.52. The van der Waals surface area contributed by atoms with Crippen LogP contribution in [-0.2, 0) is 16.0 Å². The second kappa shape index (κ2) is 4.23. The van der Waals surface area contributed by atoms with Gasteiger partial charge in [0.1, 0.15) is 5.75 Å². The Hall–Kier alpha value is -2.03. The summed E-state index contributed by atoms with van der Waals surface area (Å²) >= 11 is 0. The minimum absolute atomic E-state index is 0.199. The molecule has 0 saturated carbocycles. The average Bonchev–Trinajstić information content (AvgIpc) is 2.29. The lowest BCUT2D eigenvalue weighted by atomic mass is 10.0. The van der Waals surface area contributed by atoms with E-state index in [0.717, 1.165) is 16.3 Å². The van der Waals surface area contributed by atoms with Crippen molar-refractivity contribution in [3.05, 3.63) is 42.0 Å². The zero-order chi connectivity index (χ0) is 11.5. The highest BCUT2D eigenvalue weighted by Crippen LogP contribution is 2.23. The average molecular weight is 216 g/mol. The van der Waals surface area contributed by atoms with Crippen molar-refractivity contribution < 1.29 is 14.6 Å². The van der Waals surface area contributed by atoms with Gasteiger partial charge >= 0.3 is 5.97 Å². The summed E-state index contributed by atoms with van der Waals surface area (Å²) in [5.74, 6) is -0.0827. The number of benzene rings is 2. The van der Waals surface area contributed by atoms with Crippen LogP contribution >= 0.6 is 0 Å². The lowest BCUT2D eigenvalue weighted by Gasteiger charge is -2.05. The van der Waals surface area contributed by atoms with E-state index in [4.69, 9.17) is 0 Å². The summed E-state index contributed by atoms with van der Waals surface area (Å²) in [6, 6.07) is 10.8. The van der Waals surface area contributed by atoms with Gasteiger partial charge in [0.05, 0.1) is 13.5 Å². The molecule has 2 rings (SSSR count). The van der Waals surface area contributed by atoms with E-state index < -0.39 is 0 Å². The van der Waals surface area contributed by atoms with E-state index in [-0.39, 0.29) is 18.1 Å². The van der Waals surface area contributed by atoms with Crippen LogP contribution in [0.1, 0.15) is 5.56 Å². The number of ether oxygens (including phenoxy) is 1. The molecule has 0 heterocycles. The third kappa shape index (κ3) is 1.98. The Labute approximate surface area is 93.3 Å². The molecule has 3 heteroatoms. The van der Waals surface area contributed by atoms with Crippen LogP contribution in [0.5, 0.6) is 5.75 Å². The maximum absolute atomic E-state index is 11.2. The van der Waals surface area contributed by atoms with Crippen LogP contribution in [0.15, 0.2) is 36.4 Å². The second-order valence-electron chi connectivity index (χ2n) is 3.58. The molecule has 0 aliphatic heterocycles. The molecule has 0 aliphatic carbocycles. The summed E-state index contributed by atoms with van der Waals surface area (Å²) < 4.78 is 4.63. The highest BCUT2D eigenvalue weighted by Gasteiger charge is 2.07. The van der Waals surface area contributed by atoms with E-state index in [1.807, 2.05) is 24.3 Å². The Morgan fingerprint density at radius 1 is 1.31 bits per heavy atom. The van der Waals surface area contributed by atoms with Crippen LogP contribution in [0, 0.1) is 0 Å². The number of phenols is 1. The first kappa shape index (κ1) is 10.5. The van der Waals surface area contributed by atoms with E-state index in [9.17, 15) is 9.90 Å². The standard InChI is InChI=1S/C13H12O3/c1-16-13(15)7-10-4-2-3-9-5-6-11(14)8-12(9)10/h2-6,8,14H,7H2,1H3. The zero-order valence-corrected chi connectivity index (χ0v) is 8.93. The van der Waals surface area contributed by atoms with Gasteiger partial charge in [-0.15, -0.1) is 0 Å². The van der Waals surface area contributed by atoms with E-state index >= 15 is 0 Å². The summed E-state index contributed by atoms with van der Waals surface area (Å²) in [5.41, 5.74) is 0.861. The molecule has 0 atom stereocenters. The summed E-state index contributed by atoms with van der Waals surface area (Å²) in [4.78, 5) is 11.2. The van der Waals surface area contributed by atoms with Crippen molar-refractivity contribution in [1.82, 2.24) is 0 Å². The molecular formula is C13H12O3. The van der Waals surface area contributed by atoms with Crippen LogP contribution < -0.4 is 0 Å². The van der Waals surface area contributed by atoms with Gasteiger partial charge in [-0.1, -0.05) is 24.3 Å². The van der Waals surface area contributed by atoms with E-state index in [1.165, 1.54) is 7.11 Å². The van der Waals surface area contributed by atoms with E-state index in [1.54, 1.807) is 12.1 Å². The summed E-state index contributed by atoms with van der Waals surface area (Å²) in [7, 11) is 1.37. The number of hydrogen-bond acceptors (Lipinski definition) is 3. The number of carbonyl (C=O) groups is 1. The van der Waals surface area contributed by atoms with Gasteiger partial charge in [0, 0.05) is 0 Å². The molecule has 0 aromatic heterocycles. The third-order valence-electron chi connectivity index (χ3n) is 2.52. The van der Waals surface area contributed by atoms with Crippen molar-refractivity contribution in [2.45, 2.75) is 6.42 Å². The maximum atomic E-state index is 11.2. The lowest BCUT2D eigenvalue weighted by Crippen LogP contribution is -2.04. The first-order chi connectivity index (χ1) is 7.70. The fourth-order valence-electron chi connectivity index (χ4n) is 1.71. The summed E-state index contributed by atoms with van der Waals surface area (Å²) in [5, 5.41) is 11.3. The predicted octanol–water partition coefficient (Wildman–Crippen LogP) is 2.26. The van der Waals surface area contributed by atoms with Crippen molar-refractivity contribution in [1.29, 1.82) is 0 Å². The number of phenolic OH excluding ortho intramolecular Hbond substituents is 1. The number of methoxy groups -OCH3 is 1. The zero-order valence-electron chi connectivity index (χ0n) is 8.93. The van der Waals surface area contributed by atoms with Crippen molar-refractivity contribution in [3.63, 3.8) is 0 Å². The number of aromatic hydroxyl groups is 1. The van der Waals surface area contributed by atoms with Crippen molar-refractivity contribution in [2.75, 3.05) is 7.11 Å². The fraction of sp³-hybridized carbons (Fsp3) is 0.154. The van der Waals surface area contributed by atoms with Gasteiger partial charge in [-0.25, -0.2) is 0 Å². The van der Waals surface area contributed by atoms with Gasteiger partial charge in [-0.3, -0.25) is 4.79 Å². The van der Waals surface area contributed by atoms with Gasteiger partial charge < -0.3 is 9.84 Å². The van der Waals surface area contributed by atoms with Crippen molar-refractivity contribution >= 4 is 16.7 Å². The van der Waals surface area contributed by atoms with Crippen LogP contribution in [0.2, 0.25) is 0 Å². The fourth-order valence-corrected chi connectivity index (χ4v) is 1.71. The number of hydrogen-bond donors (Lipinski definition) is 1. The van der Waals surface area contributed by atoms with Gasteiger partial charge in [0.25, 0.3) is 0 Å². The van der Waals surface area contributed by atoms with Gasteiger partial charge in [-0.05, 0) is 28.5 Å². The quantitative estimate of drug-likeness (QED) is 0.783. The molecule has 82 valence electrons. The molecular weight excluding hydrogens is 204 g/mol. The Morgan fingerprint density at radius 3 is 2.88 bits per heavy atom. The molecule has 0 fully saturated rings. The molecule has 0 radical (unpaired) electrons. The highest BCUT2D eigenvalue weighted by atomic mass is 16.5. The number of rotatable bonds is 2. The van der Waals surface area contributed by atoms with Gasteiger partial charge in [0.15, 0.2) is 0 Å². The Morgan fingerprint density at radius 2 is 2.12 bits per heavy atom. The smallest absolute Gasteiger partial charge is 0.309 e. The Bertz CT molecular complexity index is 532. The molecule has 0 amide bonds. The maximum Gasteiger partial charge on any atom is 0.309 e. The first-order valence-corrected chi connectivity index (χ1v) is 4.98. The largest absolute Gasteiger partial charge is 0.508 e. The van der Waals surface area contributed by atoms with Crippen LogP contribution in [0.3, 0.4) is 0 Å². The topological polar surface area (TPSA) is 46.5 Å². The van der Waals surface area contributed by atoms with Crippen molar-refractivity contribution in [3.8, 4) is 5.75 Å². The molecule has 0 spiro atoms. The summed E-state index contributed by atoms with van der Waals surface area (Å²) in [6.45, 7) is 0. The SMILES string of the molecule is COC(=O)Cc1cccc2ccc(O)cc12. The van der Waals surface area contributed by atoms with Crippen LogP contribution in [0.4, 0.5) is 0 Å². The monoisotopic (exact) mass is 216 g/mol. The molecule has 16 heavy (non-hydrogen) atoms. The number of fused-ring (bicyclic) bond motifs is 1. The minimum atomic E-state index is -0.282. The molecule has 2 aromatic carbocycles.